The van der Waals surface area contributed by atoms with Gasteiger partial charge in [-0.1, -0.05) is 60.7 Å². The van der Waals surface area contributed by atoms with Gasteiger partial charge >= 0.3 is 0 Å². The Bertz CT molecular complexity index is 878. The number of carbonyl (C=O) groups is 1. The summed E-state index contributed by atoms with van der Waals surface area (Å²) in [6, 6.07) is 24.8. The van der Waals surface area contributed by atoms with Crippen molar-refractivity contribution in [3.63, 3.8) is 0 Å². The van der Waals surface area contributed by atoms with Crippen LogP contribution in [0, 0.1) is 0 Å². The van der Waals surface area contributed by atoms with E-state index in [4.69, 9.17) is 10.5 Å². The fraction of sp³-hybridized carbons (Fsp3) is 0.136. The van der Waals surface area contributed by atoms with Gasteiger partial charge in [-0.25, -0.2) is 0 Å². The third-order valence-corrected chi connectivity index (χ3v) is 4.29. The first-order chi connectivity index (χ1) is 12.7. The van der Waals surface area contributed by atoms with Crippen LogP contribution in [0.4, 0.5) is 0 Å². The van der Waals surface area contributed by atoms with E-state index in [-0.39, 0.29) is 11.9 Å². The summed E-state index contributed by atoms with van der Waals surface area (Å²) in [6.45, 7) is 0.335. The monoisotopic (exact) mass is 346 g/mol. The average Bonchev–Trinajstić information content (AvgIpc) is 2.72. The van der Waals surface area contributed by atoms with E-state index in [0.717, 1.165) is 22.4 Å². The normalized spacial score (nSPS) is 11.6. The summed E-state index contributed by atoms with van der Waals surface area (Å²) in [5.74, 6) is 0.621. The highest BCUT2D eigenvalue weighted by Crippen LogP contribution is 2.30. The lowest BCUT2D eigenvalue weighted by Gasteiger charge is -2.17. The van der Waals surface area contributed by atoms with E-state index in [1.54, 1.807) is 13.2 Å². The number of amides is 1. The highest BCUT2D eigenvalue weighted by atomic mass is 16.5. The first-order valence-electron chi connectivity index (χ1n) is 8.52. The molecule has 3 aromatic rings. The zero-order valence-corrected chi connectivity index (χ0v) is 14.7. The van der Waals surface area contributed by atoms with Gasteiger partial charge in [-0.15, -0.1) is 0 Å². The zero-order valence-electron chi connectivity index (χ0n) is 14.7. The van der Waals surface area contributed by atoms with E-state index in [2.05, 4.69) is 5.32 Å². The van der Waals surface area contributed by atoms with Crippen molar-refractivity contribution in [1.82, 2.24) is 5.32 Å². The number of ether oxygens (including phenoxy) is 1. The summed E-state index contributed by atoms with van der Waals surface area (Å²) < 4.78 is 5.42. The number of methoxy groups -OCH3 is 1. The average molecular weight is 346 g/mol. The minimum atomic E-state index is -0.224. The van der Waals surface area contributed by atoms with Crippen molar-refractivity contribution in [2.24, 2.45) is 5.73 Å². The smallest absolute Gasteiger partial charge is 0.251 e. The van der Waals surface area contributed by atoms with Crippen LogP contribution in [0.15, 0.2) is 78.9 Å². The molecule has 0 bridgehead atoms. The number of hydrogen-bond donors (Lipinski definition) is 2. The predicted molar refractivity (Wildman–Crippen MR) is 104 cm³/mol. The van der Waals surface area contributed by atoms with Crippen LogP contribution in [0.5, 0.6) is 5.75 Å². The lowest BCUT2D eigenvalue weighted by Crippen LogP contribution is -2.33. The van der Waals surface area contributed by atoms with E-state index >= 15 is 0 Å². The van der Waals surface area contributed by atoms with Crippen molar-refractivity contribution in [2.75, 3.05) is 13.7 Å². The standard InChI is InChI=1S/C22H22N2O2/c1-26-21-13-6-5-12-19(21)17-10-7-11-18(14-17)22(25)24-20(15-23)16-8-3-2-4-9-16/h2-14,20H,15,23H2,1H3,(H,24,25)/t20-/m1/s1. The summed E-state index contributed by atoms with van der Waals surface area (Å²) in [6.07, 6.45) is 0. The summed E-state index contributed by atoms with van der Waals surface area (Å²) >= 11 is 0. The molecule has 0 heterocycles. The Morgan fingerprint density at radius 1 is 1.00 bits per heavy atom. The topological polar surface area (TPSA) is 64.3 Å². The van der Waals surface area contributed by atoms with Gasteiger partial charge in [0.25, 0.3) is 5.91 Å². The van der Waals surface area contributed by atoms with Gasteiger partial charge in [0.1, 0.15) is 5.75 Å². The number of hydrogen-bond acceptors (Lipinski definition) is 3. The predicted octanol–water partition coefficient (Wildman–Crippen LogP) is 3.79. The molecule has 3 aromatic carbocycles. The Labute approximate surface area is 153 Å². The second-order valence-electron chi connectivity index (χ2n) is 5.95. The SMILES string of the molecule is COc1ccccc1-c1cccc(C(=O)N[C@H](CN)c2ccccc2)c1. The summed E-state index contributed by atoms with van der Waals surface area (Å²) in [4.78, 5) is 12.7. The molecule has 1 amide bonds. The molecule has 0 saturated heterocycles. The van der Waals surface area contributed by atoms with Crippen LogP contribution in [-0.2, 0) is 0 Å². The van der Waals surface area contributed by atoms with Crippen molar-refractivity contribution >= 4 is 5.91 Å². The minimum Gasteiger partial charge on any atom is -0.496 e. The highest BCUT2D eigenvalue weighted by molar-refractivity contribution is 5.96. The first kappa shape index (κ1) is 17.7. The molecule has 0 aromatic heterocycles. The number of nitrogens with one attached hydrogen (secondary N) is 1. The molecule has 0 aliphatic heterocycles. The van der Waals surface area contributed by atoms with E-state index in [9.17, 15) is 4.79 Å². The Hall–Kier alpha value is -3.11. The molecule has 0 unspecified atom stereocenters. The van der Waals surface area contributed by atoms with Crippen LogP contribution in [0.2, 0.25) is 0 Å². The van der Waals surface area contributed by atoms with Crippen LogP contribution in [0.3, 0.4) is 0 Å². The Morgan fingerprint density at radius 3 is 2.46 bits per heavy atom. The molecule has 4 nitrogen and oxygen atoms in total. The van der Waals surface area contributed by atoms with Gasteiger partial charge in [-0.3, -0.25) is 4.79 Å². The molecule has 1 atom stereocenters. The van der Waals surface area contributed by atoms with Gasteiger partial charge in [0.15, 0.2) is 0 Å². The third-order valence-electron chi connectivity index (χ3n) is 4.29. The number of carbonyl (C=O) groups excluding carboxylic acids is 1. The van der Waals surface area contributed by atoms with Crippen molar-refractivity contribution in [1.29, 1.82) is 0 Å². The second kappa shape index (κ2) is 8.32. The van der Waals surface area contributed by atoms with E-state index in [1.807, 2.05) is 72.8 Å². The quantitative estimate of drug-likeness (QED) is 0.714. The fourth-order valence-corrected chi connectivity index (χ4v) is 2.92. The van der Waals surface area contributed by atoms with Gasteiger partial charge in [0, 0.05) is 17.7 Å². The number of benzene rings is 3. The lowest BCUT2D eigenvalue weighted by molar-refractivity contribution is 0.0938. The van der Waals surface area contributed by atoms with Gasteiger partial charge in [0.05, 0.1) is 13.2 Å². The third kappa shape index (κ3) is 3.92. The van der Waals surface area contributed by atoms with Crippen LogP contribution in [0.25, 0.3) is 11.1 Å². The fourth-order valence-electron chi connectivity index (χ4n) is 2.92. The second-order valence-corrected chi connectivity index (χ2v) is 5.95. The summed E-state index contributed by atoms with van der Waals surface area (Å²) in [7, 11) is 1.64. The molecule has 0 aliphatic carbocycles. The molecule has 132 valence electrons. The van der Waals surface area contributed by atoms with Crippen molar-refractivity contribution < 1.29 is 9.53 Å². The van der Waals surface area contributed by atoms with Crippen molar-refractivity contribution in [2.45, 2.75) is 6.04 Å². The molecule has 0 spiro atoms. The van der Waals surface area contributed by atoms with Crippen LogP contribution >= 0.6 is 0 Å². The molecule has 0 radical (unpaired) electrons. The first-order valence-corrected chi connectivity index (χ1v) is 8.52. The van der Waals surface area contributed by atoms with Gasteiger partial charge in [-0.05, 0) is 29.3 Å². The van der Waals surface area contributed by atoms with Crippen molar-refractivity contribution in [3.8, 4) is 16.9 Å². The van der Waals surface area contributed by atoms with E-state index in [1.165, 1.54) is 0 Å². The molecule has 0 fully saturated rings. The molecule has 3 N–H and O–H groups in total. The maximum absolute atomic E-state index is 12.7. The minimum absolute atomic E-state index is 0.152. The Kier molecular flexibility index (Phi) is 5.66. The molecule has 0 aliphatic rings. The maximum atomic E-state index is 12.7. The Morgan fingerprint density at radius 2 is 1.73 bits per heavy atom. The number of rotatable bonds is 6. The highest BCUT2D eigenvalue weighted by Gasteiger charge is 2.15. The number of nitrogens with two attached hydrogens (primary N) is 1. The van der Waals surface area contributed by atoms with Gasteiger partial charge < -0.3 is 15.8 Å². The van der Waals surface area contributed by atoms with Gasteiger partial charge in [-0.2, -0.15) is 0 Å². The Balaban J connectivity index is 1.84. The van der Waals surface area contributed by atoms with E-state index in [0.29, 0.717) is 12.1 Å². The lowest BCUT2D eigenvalue weighted by atomic mass is 10.0. The molecule has 0 saturated carbocycles. The molecule has 26 heavy (non-hydrogen) atoms. The van der Waals surface area contributed by atoms with Crippen LogP contribution in [-0.4, -0.2) is 19.6 Å². The van der Waals surface area contributed by atoms with Crippen molar-refractivity contribution in [3.05, 3.63) is 90.0 Å². The molecular weight excluding hydrogens is 324 g/mol. The molecule has 3 rings (SSSR count). The summed E-state index contributed by atoms with van der Waals surface area (Å²) in [5.41, 5.74) is 9.31. The number of para-hydroxylation sites is 1. The molecular formula is C22H22N2O2. The molecule has 4 heteroatoms. The van der Waals surface area contributed by atoms with Crippen LogP contribution in [0.1, 0.15) is 22.0 Å². The zero-order chi connectivity index (χ0) is 18.4. The van der Waals surface area contributed by atoms with E-state index < -0.39 is 0 Å². The summed E-state index contributed by atoms with van der Waals surface area (Å²) in [5, 5.41) is 3.01. The van der Waals surface area contributed by atoms with Gasteiger partial charge in [0.2, 0.25) is 0 Å². The largest absolute Gasteiger partial charge is 0.496 e. The maximum Gasteiger partial charge on any atom is 0.251 e. The van der Waals surface area contributed by atoms with Crippen LogP contribution < -0.4 is 15.8 Å².